The maximum atomic E-state index is 12.5. The van der Waals surface area contributed by atoms with Crippen molar-refractivity contribution in [1.29, 1.82) is 0 Å². The molecule has 0 saturated carbocycles. The minimum Gasteiger partial charge on any atom is -0.497 e. The Kier molecular flexibility index (Phi) is 7.33. The second-order valence-corrected chi connectivity index (χ2v) is 8.29. The van der Waals surface area contributed by atoms with Crippen molar-refractivity contribution >= 4 is 45.1 Å². The number of hydrogen-bond donors (Lipinski definition) is 1. The van der Waals surface area contributed by atoms with Crippen LogP contribution in [0.3, 0.4) is 0 Å². The van der Waals surface area contributed by atoms with Gasteiger partial charge in [-0.15, -0.1) is 0 Å². The van der Waals surface area contributed by atoms with Crippen LogP contribution in [0.5, 0.6) is 5.75 Å². The van der Waals surface area contributed by atoms with Crippen LogP contribution in [0.25, 0.3) is 0 Å². The number of rotatable bonds is 7. The van der Waals surface area contributed by atoms with Crippen molar-refractivity contribution in [2.75, 3.05) is 30.5 Å². The number of amides is 2. The highest BCUT2D eigenvalue weighted by molar-refractivity contribution is 9.10. The Labute approximate surface area is 189 Å². The van der Waals surface area contributed by atoms with Crippen molar-refractivity contribution in [3.05, 3.63) is 52.0 Å². The fraction of sp³-hybridized carbons (Fsp3) is 0.348. The standard InChI is InChI=1S/C23H25BrN2O5/c1-4-15-10-17(24)9-14(2)22(15)25-20(27)13-31-23(29)16-11-21(28)26(12-16)18-5-7-19(30-3)8-6-18/h5-10,16H,4,11-13H2,1-3H3,(H,25,27)/t16-/m0/s1. The minimum atomic E-state index is -0.608. The molecule has 8 heteroatoms. The first-order valence-corrected chi connectivity index (χ1v) is 10.8. The number of anilines is 2. The molecule has 0 spiro atoms. The Hall–Kier alpha value is -2.87. The molecule has 1 saturated heterocycles. The van der Waals surface area contributed by atoms with Gasteiger partial charge >= 0.3 is 5.97 Å². The highest BCUT2D eigenvalue weighted by Gasteiger charge is 2.36. The van der Waals surface area contributed by atoms with Crippen molar-refractivity contribution in [3.8, 4) is 5.75 Å². The van der Waals surface area contributed by atoms with Crippen molar-refractivity contribution in [2.45, 2.75) is 26.7 Å². The number of methoxy groups -OCH3 is 1. The first-order valence-electron chi connectivity index (χ1n) is 10.0. The molecule has 0 aromatic heterocycles. The summed E-state index contributed by atoms with van der Waals surface area (Å²) in [7, 11) is 1.57. The Balaban J connectivity index is 1.56. The second-order valence-electron chi connectivity index (χ2n) is 7.37. The molecular weight excluding hydrogens is 464 g/mol. The van der Waals surface area contributed by atoms with Gasteiger partial charge in [-0.1, -0.05) is 22.9 Å². The van der Waals surface area contributed by atoms with Gasteiger partial charge < -0.3 is 19.7 Å². The van der Waals surface area contributed by atoms with Crippen LogP contribution < -0.4 is 15.0 Å². The number of hydrogen-bond acceptors (Lipinski definition) is 5. The summed E-state index contributed by atoms with van der Waals surface area (Å²) in [6, 6.07) is 10.9. The smallest absolute Gasteiger partial charge is 0.311 e. The Morgan fingerprint density at radius 2 is 1.94 bits per heavy atom. The summed E-state index contributed by atoms with van der Waals surface area (Å²) in [6.07, 6.45) is 0.805. The highest BCUT2D eigenvalue weighted by atomic mass is 79.9. The maximum absolute atomic E-state index is 12.5. The molecule has 2 amide bonds. The Bertz CT molecular complexity index is 990. The van der Waals surface area contributed by atoms with E-state index in [9.17, 15) is 14.4 Å². The van der Waals surface area contributed by atoms with Gasteiger partial charge in [0.15, 0.2) is 6.61 Å². The van der Waals surface area contributed by atoms with Crippen LogP contribution >= 0.6 is 15.9 Å². The number of carbonyl (C=O) groups excluding carboxylic acids is 3. The highest BCUT2D eigenvalue weighted by Crippen LogP contribution is 2.28. The van der Waals surface area contributed by atoms with Gasteiger partial charge in [-0.25, -0.2) is 0 Å². The van der Waals surface area contributed by atoms with Gasteiger partial charge in [0, 0.05) is 28.8 Å². The van der Waals surface area contributed by atoms with Gasteiger partial charge in [-0.05, 0) is 60.9 Å². The zero-order valence-corrected chi connectivity index (χ0v) is 19.3. The summed E-state index contributed by atoms with van der Waals surface area (Å²) in [6.45, 7) is 3.73. The lowest BCUT2D eigenvalue weighted by atomic mass is 10.1. The van der Waals surface area contributed by atoms with Crippen LogP contribution in [-0.2, 0) is 25.5 Å². The van der Waals surface area contributed by atoms with Crippen molar-refractivity contribution in [3.63, 3.8) is 0 Å². The molecule has 1 aliphatic heterocycles. The molecule has 1 aliphatic rings. The largest absolute Gasteiger partial charge is 0.497 e. The lowest BCUT2D eigenvalue weighted by molar-refractivity contribution is -0.151. The van der Waals surface area contributed by atoms with Gasteiger partial charge in [0.05, 0.1) is 13.0 Å². The Morgan fingerprint density at radius 1 is 1.23 bits per heavy atom. The van der Waals surface area contributed by atoms with Crippen LogP contribution in [-0.4, -0.2) is 38.0 Å². The third-order valence-corrected chi connectivity index (χ3v) is 5.67. The van der Waals surface area contributed by atoms with Gasteiger partial charge in [-0.3, -0.25) is 14.4 Å². The monoisotopic (exact) mass is 488 g/mol. The molecule has 2 aromatic rings. The van der Waals surface area contributed by atoms with Gasteiger partial charge in [0.2, 0.25) is 5.91 Å². The summed E-state index contributed by atoms with van der Waals surface area (Å²) in [5, 5.41) is 2.83. The topological polar surface area (TPSA) is 84.9 Å². The quantitative estimate of drug-likeness (QED) is 0.598. The molecule has 1 N–H and O–H groups in total. The third-order valence-electron chi connectivity index (χ3n) is 5.22. The van der Waals surface area contributed by atoms with Gasteiger partial charge in [0.1, 0.15) is 5.75 Å². The van der Waals surface area contributed by atoms with E-state index in [4.69, 9.17) is 9.47 Å². The van der Waals surface area contributed by atoms with Crippen LogP contribution in [0.4, 0.5) is 11.4 Å². The number of nitrogens with zero attached hydrogens (tertiary/aromatic N) is 1. The molecular formula is C23H25BrN2O5. The molecule has 164 valence electrons. The van der Waals surface area contributed by atoms with E-state index in [1.807, 2.05) is 26.0 Å². The number of halogens is 1. The number of ether oxygens (including phenoxy) is 2. The second kappa shape index (κ2) is 9.96. The van der Waals surface area contributed by atoms with Gasteiger partial charge in [0.25, 0.3) is 5.91 Å². The molecule has 0 radical (unpaired) electrons. The van der Waals surface area contributed by atoms with E-state index in [2.05, 4.69) is 21.2 Å². The predicted molar refractivity (Wildman–Crippen MR) is 121 cm³/mol. The predicted octanol–water partition coefficient (Wildman–Crippen LogP) is 3.86. The molecule has 3 rings (SSSR count). The van der Waals surface area contributed by atoms with E-state index < -0.39 is 24.4 Å². The van der Waals surface area contributed by atoms with E-state index in [0.29, 0.717) is 11.4 Å². The number of carbonyl (C=O) groups is 3. The summed E-state index contributed by atoms with van der Waals surface area (Å²) >= 11 is 3.46. The first-order chi connectivity index (χ1) is 14.8. The number of nitrogens with one attached hydrogen (secondary N) is 1. The normalized spacial score (nSPS) is 15.7. The summed E-state index contributed by atoms with van der Waals surface area (Å²) < 4.78 is 11.3. The average molecular weight is 489 g/mol. The van der Waals surface area contributed by atoms with Crippen molar-refractivity contribution in [2.24, 2.45) is 5.92 Å². The minimum absolute atomic E-state index is 0.0539. The first kappa shape index (κ1) is 22.8. The van der Waals surface area contributed by atoms with E-state index >= 15 is 0 Å². The summed E-state index contributed by atoms with van der Waals surface area (Å²) in [5.41, 5.74) is 3.33. The fourth-order valence-corrected chi connectivity index (χ4v) is 4.20. The van der Waals surface area contributed by atoms with Crippen LogP contribution in [0, 0.1) is 12.8 Å². The zero-order chi connectivity index (χ0) is 22.5. The lowest BCUT2D eigenvalue weighted by Crippen LogP contribution is -2.28. The molecule has 1 atom stereocenters. The molecule has 1 fully saturated rings. The van der Waals surface area contributed by atoms with Crippen molar-refractivity contribution < 1.29 is 23.9 Å². The van der Waals surface area contributed by atoms with Crippen LogP contribution in [0.2, 0.25) is 0 Å². The van der Waals surface area contributed by atoms with E-state index in [0.717, 1.165) is 27.7 Å². The Morgan fingerprint density at radius 3 is 2.58 bits per heavy atom. The van der Waals surface area contributed by atoms with E-state index in [1.165, 1.54) is 0 Å². The lowest BCUT2D eigenvalue weighted by Gasteiger charge is -2.17. The molecule has 7 nitrogen and oxygen atoms in total. The zero-order valence-electron chi connectivity index (χ0n) is 17.7. The number of aryl methyl sites for hydroxylation is 2. The third kappa shape index (κ3) is 5.44. The molecule has 2 aromatic carbocycles. The molecule has 0 bridgehead atoms. The summed E-state index contributed by atoms with van der Waals surface area (Å²) in [5.74, 6) is -1.05. The van der Waals surface area contributed by atoms with E-state index in [-0.39, 0.29) is 18.9 Å². The van der Waals surface area contributed by atoms with Crippen LogP contribution in [0.1, 0.15) is 24.5 Å². The number of esters is 1. The maximum Gasteiger partial charge on any atom is 0.311 e. The molecule has 1 heterocycles. The number of benzene rings is 2. The molecule has 0 aliphatic carbocycles. The van der Waals surface area contributed by atoms with Crippen molar-refractivity contribution in [1.82, 2.24) is 0 Å². The average Bonchev–Trinajstić information content (AvgIpc) is 3.15. The van der Waals surface area contributed by atoms with Gasteiger partial charge in [-0.2, -0.15) is 0 Å². The molecule has 31 heavy (non-hydrogen) atoms. The fourth-order valence-electron chi connectivity index (χ4n) is 3.58. The van der Waals surface area contributed by atoms with E-state index in [1.54, 1.807) is 36.3 Å². The molecule has 0 unspecified atom stereocenters. The van der Waals surface area contributed by atoms with Crippen LogP contribution in [0.15, 0.2) is 40.9 Å². The summed E-state index contributed by atoms with van der Waals surface area (Å²) in [4.78, 5) is 38.7. The SMILES string of the molecule is CCc1cc(Br)cc(C)c1NC(=O)COC(=O)[C@H]1CC(=O)N(c2ccc(OC)cc2)C1.